The van der Waals surface area contributed by atoms with E-state index in [0.717, 1.165) is 19.3 Å². The molecule has 2 fully saturated rings. The Bertz CT molecular complexity index is 711. The highest BCUT2D eigenvalue weighted by Gasteiger charge is 2.37. The summed E-state index contributed by atoms with van der Waals surface area (Å²) in [6.45, 7) is 10.2. The number of carboxylic acid groups (broad SMARTS) is 1. The molecule has 0 unspecified atom stereocenters. The van der Waals surface area contributed by atoms with Crippen LogP contribution in [0.5, 0.6) is 0 Å². The van der Waals surface area contributed by atoms with Crippen molar-refractivity contribution in [3.63, 3.8) is 0 Å². The molecule has 0 radical (unpaired) electrons. The van der Waals surface area contributed by atoms with E-state index in [0.29, 0.717) is 38.8 Å². The van der Waals surface area contributed by atoms with Crippen LogP contribution in [0, 0.1) is 17.8 Å². The molecule has 1 saturated heterocycles. The van der Waals surface area contributed by atoms with Crippen molar-refractivity contribution in [2.75, 3.05) is 13.1 Å². The molecule has 0 aromatic carbocycles. The molecule has 9 heteroatoms. The summed E-state index contributed by atoms with van der Waals surface area (Å²) >= 11 is 0. The number of rotatable bonds is 8. The first-order valence-corrected chi connectivity index (χ1v) is 12.2. The van der Waals surface area contributed by atoms with E-state index in [9.17, 15) is 24.3 Å². The van der Waals surface area contributed by atoms with Gasteiger partial charge in [0.05, 0.1) is 0 Å². The lowest BCUT2D eigenvalue weighted by Crippen LogP contribution is -2.49. The lowest BCUT2D eigenvalue weighted by molar-refractivity contribution is -0.144. The molecule has 33 heavy (non-hydrogen) atoms. The van der Waals surface area contributed by atoms with E-state index in [4.69, 9.17) is 4.74 Å². The first-order chi connectivity index (χ1) is 15.4. The van der Waals surface area contributed by atoms with Gasteiger partial charge in [0.2, 0.25) is 11.8 Å². The van der Waals surface area contributed by atoms with Gasteiger partial charge in [0.25, 0.3) is 0 Å². The van der Waals surface area contributed by atoms with Crippen molar-refractivity contribution in [1.82, 2.24) is 15.5 Å². The fraction of sp³-hybridized carbons (Fsp3) is 0.833. The van der Waals surface area contributed by atoms with E-state index in [1.165, 1.54) is 4.90 Å². The van der Waals surface area contributed by atoms with Gasteiger partial charge in [-0.05, 0) is 71.1 Å². The summed E-state index contributed by atoms with van der Waals surface area (Å²) in [5, 5.41) is 15.1. The molecule has 2 aliphatic rings. The highest BCUT2D eigenvalue weighted by atomic mass is 16.6. The first kappa shape index (κ1) is 26.9. The van der Waals surface area contributed by atoms with E-state index in [2.05, 4.69) is 10.6 Å². The molecule has 188 valence electrons. The molecule has 2 rings (SSSR count). The van der Waals surface area contributed by atoms with Gasteiger partial charge in [0.15, 0.2) is 0 Å². The zero-order valence-electron chi connectivity index (χ0n) is 20.7. The minimum Gasteiger partial charge on any atom is -0.480 e. The Balaban J connectivity index is 1.78. The van der Waals surface area contributed by atoms with Gasteiger partial charge in [-0.15, -0.1) is 0 Å². The van der Waals surface area contributed by atoms with Crippen LogP contribution in [0.1, 0.15) is 79.6 Å². The molecule has 9 nitrogen and oxygen atoms in total. The van der Waals surface area contributed by atoms with E-state index in [-0.39, 0.29) is 29.6 Å². The van der Waals surface area contributed by atoms with Crippen molar-refractivity contribution >= 4 is 23.9 Å². The van der Waals surface area contributed by atoms with Gasteiger partial charge in [0, 0.05) is 19.0 Å². The molecule has 0 aromatic heterocycles. The Morgan fingerprint density at radius 3 is 2.24 bits per heavy atom. The van der Waals surface area contributed by atoms with Crippen LogP contribution in [-0.2, 0) is 19.1 Å². The first-order valence-electron chi connectivity index (χ1n) is 12.2. The smallest absolute Gasteiger partial charge is 0.410 e. The summed E-state index contributed by atoms with van der Waals surface area (Å²) in [7, 11) is 0. The highest BCUT2D eigenvalue weighted by molar-refractivity contribution is 5.86. The Labute approximate surface area is 197 Å². The van der Waals surface area contributed by atoms with Crippen LogP contribution in [0.15, 0.2) is 0 Å². The number of nitrogens with zero attached hydrogens (tertiary/aromatic N) is 1. The molecule has 1 aliphatic heterocycles. The van der Waals surface area contributed by atoms with Crippen molar-refractivity contribution in [1.29, 1.82) is 0 Å². The highest BCUT2D eigenvalue weighted by Crippen LogP contribution is 2.29. The largest absolute Gasteiger partial charge is 0.480 e. The minimum absolute atomic E-state index is 0.131. The number of nitrogens with one attached hydrogen (secondary N) is 2. The summed E-state index contributed by atoms with van der Waals surface area (Å²) in [4.78, 5) is 50.7. The van der Waals surface area contributed by atoms with Crippen LogP contribution in [0.4, 0.5) is 4.79 Å². The second kappa shape index (κ2) is 11.7. The lowest BCUT2D eigenvalue weighted by atomic mass is 9.81. The Hall–Kier alpha value is -2.32. The second-order valence-electron chi connectivity index (χ2n) is 10.5. The summed E-state index contributed by atoms with van der Waals surface area (Å²) in [6.07, 6.45) is 4.54. The molecule has 0 aromatic rings. The Morgan fingerprint density at radius 1 is 1.06 bits per heavy atom. The number of likely N-dealkylation sites (tertiary alicyclic amines) is 1. The molecule has 1 aliphatic carbocycles. The van der Waals surface area contributed by atoms with Crippen LogP contribution in [0.25, 0.3) is 0 Å². The Morgan fingerprint density at radius 2 is 1.70 bits per heavy atom. The van der Waals surface area contributed by atoms with Crippen LogP contribution < -0.4 is 10.6 Å². The topological polar surface area (TPSA) is 125 Å². The van der Waals surface area contributed by atoms with Gasteiger partial charge < -0.3 is 20.5 Å². The van der Waals surface area contributed by atoms with Crippen molar-refractivity contribution in [2.45, 2.75) is 97.2 Å². The quantitative estimate of drug-likeness (QED) is 0.504. The van der Waals surface area contributed by atoms with Crippen LogP contribution in [0.2, 0.25) is 0 Å². The maximum atomic E-state index is 12.7. The summed E-state index contributed by atoms with van der Waals surface area (Å²) in [5.74, 6) is -1.41. The van der Waals surface area contributed by atoms with E-state index < -0.39 is 29.7 Å². The average Bonchev–Trinajstić information content (AvgIpc) is 3.24. The van der Waals surface area contributed by atoms with Crippen molar-refractivity contribution in [3.05, 3.63) is 0 Å². The molecule has 3 atom stereocenters. The van der Waals surface area contributed by atoms with E-state index >= 15 is 0 Å². The number of ether oxygens (including phenoxy) is 1. The summed E-state index contributed by atoms with van der Waals surface area (Å²) < 4.78 is 5.43. The molecule has 3 N–H and O–H groups in total. The molecule has 0 bridgehead atoms. The van der Waals surface area contributed by atoms with Crippen molar-refractivity contribution in [3.8, 4) is 0 Å². The lowest BCUT2D eigenvalue weighted by Gasteiger charge is -2.31. The zero-order valence-corrected chi connectivity index (χ0v) is 20.7. The zero-order chi connectivity index (χ0) is 24.8. The number of carbonyl (C=O) groups is 4. The third-order valence-electron chi connectivity index (χ3n) is 6.74. The predicted octanol–water partition coefficient (Wildman–Crippen LogP) is 2.92. The third kappa shape index (κ3) is 7.89. The van der Waals surface area contributed by atoms with Crippen LogP contribution in [0.3, 0.4) is 0 Å². The number of hydrogen-bond acceptors (Lipinski definition) is 5. The fourth-order valence-electron chi connectivity index (χ4n) is 4.52. The molecule has 0 spiro atoms. The van der Waals surface area contributed by atoms with Crippen molar-refractivity contribution in [2.24, 2.45) is 17.8 Å². The molecular weight excluding hydrogens is 426 g/mol. The monoisotopic (exact) mass is 467 g/mol. The standard InChI is InChI=1S/C24H41N3O6/c1-6-15(2)19(22(30)31)26-20(28)17-11-9-16(10-12-17)14-25-21(29)18-8-7-13-27(18)23(32)33-24(3,4)5/h15-19H,6-14H2,1-5H3,(H,25,29)(H,26,28)(H,30,31)/t15-,16?,17?,18-,19-/m0/s1. The number of hydrogen-bond donors (Lipinski definition) is 3. The number of carboxylic acids is 1. The van der Waals surface area contributed by atoms with Gasteiger partial charge >= 0.3 is 12.1 Å². The maximum absolute atomic E-state index is 12.7. The third-order valence-corrected chi connectivity index (χ3v) is 6.74. The van der Waals surface area contributed by atoms with Crippen molar-refractivity contribution < 1.29 is 29.0 Å². The fourth-order valence-corrected chi connectivity index (χ4v) is 4.52. The predicted molar refractivity (Wildman–Crippen MR) is 123 cm³/mol. The van der Waals surface area contributed by atoms with E-state index in [1.54, 1.807) is 20.8 Å². The van der Waals surface area contributed by atoms with Gasteiger partial charge in [-0.3, -0.25) is 14.5 Å². The molecule has 3 amide bonds. The summed E-state index contributed by atoms with van der Waals surface area (Å²) in [6, 6.07) is -1.37. The molecular formula is C24H41N3O6. The number of aliphatic carboxylic acids is 1. The van der Waals surface area contributed by atoms with E-state index in [1.807, 2.05) is 13.8 Å². The maximum Gasteiger partial charge on any atom is 0.410 e. The number of carbonyl (C=O) groups excluding carboxylic acids is 3. The van der Waals surface area contributed by atoms with Gasteiger partial charge in [-0.25, -0.2) is 9.59 Å². The second-order valence-corrected chi connectivity index (χ2v) is 10.5. The van der Waals surface area contributed by atoms with Gasteiger partial charge in [-0.1, -0.05) is 20.3 Å². The normalized spacial score (nSPS) is 25.1. The molecule has 1 saturated carbocycles. The minimum atomic E-state index is -0.999. The summed E-state index contributed by atoms with van der Waals surface area (Å²) in [5.41, 5.74) is -0.606. The Kier molecular flexibility index (Phi) is 9.55. The van der Waals surface area contributed by atoms with Crippen LogP contribution in [-0.4, -0.2) is 64.7 Å². The molecule has 1 heterocycles. The van der Waals surface area contributed by atoms with Crippen LogP contribution >= 0.6 is 0 Å². The van der Waals surface area contributed by atoms with Gasteiger partial charge in [0.1, 0.15) is 17.7 Å². The van der Waals surface area contributed by atoms with Gasteiger partial charge in [-0.2, -0.15) is 0 Å². The SMILES string of the molecule is CC[C@H](C)[C@H](NC(=O)C1CCC(CNC(=O)[C@@H]2CCCN2C(=O)OC(C)(C)C)CC1)C(=O)O. The number of amides is 3. The average molecular weight is 468 g/mol.